The van der Waals surface area contributed by atoms with Crippen molar-refractivity contribution in [1.82, 2.24) is 15.5 Å². The molecule has 0 aliphatic carbocycles. The molecule has 1 fully saturated rings. The Balaban J connectivity index is 1.73. The molecule has 2 rings (SSSR count). The van der Waals surface area contributed by atoms with Gasteiger partial charge in [0.05, 0.1) is 19.3 Å². The van der Waals surface area contributed by atoms with Crippen molar-refractivity contribution < 1.29 is 9.15 Å². The van der Waals surface area contributed by atoms with Crippen LogP contribution in [0.4, 0.5) is 0 Å². The van der Waals surface area contributed by atoms with Crippen LogP contribution >= 0.6 is 0 Å². The summed E-state index contributed by atoms with van der Waals surface area (Å²) in [6.45, 7) is 12.0. The monoisotopic (exact) mass is 322 g/mol. The minimum atomic E-state index is 0.0875. The highest BCUT2D eigenvalue weighted by Crippen LogP contribution is 2.15. The van der Waals surface area contributed by atoms with Gasteiger partial charge in [-0.3, -0.25) is 9.89 Å². The standard InChI is InChI=1S/C17H30N4O2/c1-13(12-21-7-9-22-10-8-21)11-19-17(18-4)20-15(3)16-6-5-14(2)23-16/h5-6,13,15H,7-12H2,1-4H3,(H2,18,19,20). The fourth-order valence-corrected chi connectivity index (χ4v) is 2.72. The quantitative estimate of drug-likeness (QED) is 0.617. The topological polar surface area (TPSA) is 62.0 Å². The van der Waals surface area contributed by atoms with Gasteiger partial charge in [0.15, 0.2) is 5.96 Å². The summed E-state index contributed by atoms with van der Waals surface area (Å²) in [6, 6.07) is 4.07. The van der Waals surface area contributed by atoms with E-state index in [1.165, 1.54) is 0 Å². The molecular weight excluding hydrogens is 292 g/mol. The molecule has 0 aromatic carbocycles. The number of hydrogen-bond donors (Lipinski definition) is 2. The Morgan fingerprint density at radius 3 is 2.65 bits per heavy atom. The number of guanidine groups is 1. The van der Waals surface area contributed by atoms with Crippen LogP contribution in [0.5, 0.6) is 0 Å². The Morgan fingerprint density at radius 2 is 2.04 bits per heavy atom. The number of furan rings is 1. The van der Waals surface area contributed by atoms with Crippen molar-refractivity contribution in [2.45, 2.75) is 26.8 Å². The highest BCUT2D eigenvalue weighted by atomic mass is 16.5. The molecule has 2 heterocycles. The fraction of sp³-hybridized carbons (Fsp3) is 0.706. The van der Waals surface area contributed by atoms with E-state index in [-0.39, 0.29) is 6.04 Å². The van der Waals surface area contributed by atoms with Crippen molar-refractivity contribution in [3.05, 3.63) is 23.7 Å². The van der Waals surface area contributed by atoms with Crippen molar-refractivity contribution >= 4 is 5.96 Å². The number of morpholine rings is 1. The summed E-state index contributed by atoms with van der Waals surface area (Å²) in [5, 5.41) is 6.77. The van der Waals surface area contributed by atoms with Crippen LogP contribution in [0.15, 0.2) is 21.5 Å². The zero-order valence-electron chi connectivity index (χ0n) is 14.8. The van der Waals surface area contributed by atoms with Crippen LogP contribution in [0, 0.1) is 12.8 Å². The summed E-state index contributed by atoms with van der Waals surface area (Å²) in [5.74, 6) is 3.20. The van der Waals surface area contributed by atoms with E-state index >= 15 is 0 Å². The first kappa shape index (κ1) is 17.8. The second-order valence-corrected chi connectivity index (χ2v) is 6.29. The smallest absolute Gasteiger partial charge is 0.191 e. The number of nitrogens with zero attached hydrogens (tertiary/aromatic N) is 2. The molecule has 0 spiro atoms. The number of rotatable bonds is 6. The Morgan fingerprint density at radius 1 is 1.30 bits per heavy atom. The first-order valence-corrected chi connectivity index (χ1v) is 8.42. The Hall–Kier alpha value is -1.53. The molecule has 1 aliphatic rings. The first-order chi connectivity index (χ1) is 11.1. The fourth-order valence-electron chi connectivity index (χ4n) is 2.72. The minimum Gasteiger partial charge on any atom is -0.464 e. The van der Waals surface area contributed by atoms with Gasteiger partial charge in [-0.05, 0) is 31.9 Å². The zero-order valence-corrected chi connectivity index (χ0v) is 14.8. The molecule has 0 saturated carbocycles. The lowest BCUT2D eigenvalue weighted by molar-refractivity contribution is 0.0320. The van der Waals surface area contributed by atoms with Gasteiger partial charge in [-0.25, -0.2) is 0 Å². The van der Waals surface area contributed by atoms with E-state index in [9.17, 15) is 0 Å². The normalized spacial score (nSPS) is 19.4. The van der Waals surface area contributed by atoms with Gasteiger partial charge in [-0.1, -0.05) is 6.92 Å². The molecule has 130 valence electrons. The number of aliphatic imine (C=N–C) groups is 1. The molecule has 23 heavy (non-hydrogen) atoms. The van der Waals surface area contributed by atoms with Crippen molar-refractivity contribution in [3.63, 3.8) is 0 Å². The highest BCUT2D eigenvalue weighted by molar-refractivity contribution is 5.80. The predicted octanol–water partition coefficient (Wildman–Crippen LogP) is 1.78. The Bertz CT molecular complexity index is 495. The van der Waals surface area contributed by atoms with Crippen molar-refractivity contribution in [3.8, 4) is 0 Å². The third kappa shape index (κ3) is 5.88. The van der Waals surface area contributed by atoms with Crippen LogP contribution in [0.3, 0.4) is 0 Å². The van der Waals surface area contributed by atoms with E-state index in [4.69, 9.17) is 9.15 Å². The second kappa shape index (κ2) is 8.93. The molecule has 1 aliphatic heterocycles. The SMILES string of the molecule is CN=C(NCC(C)CN1CCOCC1)NC(C)c1ccc(C)o1. The lowest BCUT2D eigenvalue weighted by atomic mass is 10.1. The maximum Gasteiger partial charge on any atom is 0.191 e. The number of ether oxygens (including phenoxy) is 1. The molecule has 2 unspecified atom stereocenters. The maximum atomic E-state index is 5.65. The van der Waals surface area contributed by atoms with Gasteiger partial charge in [0, 0.05) is 33.2 Å². The molecule has 2 atom stereocenters. The van der Waals surface area contributed by atoms with Crippen LogP contribution < -0.4 is 10.6 Å². The Kier molecular flexibility index (Phi) is 6.92. The summed E-state index contributed by atoms with van der Waals surface area (Å²) >= 11 is 0. The van der Waals surface area contributed by atoms with Crippen LogP contribution in [-0.4, -0.2) is 57.3 Å². The minimum absolute atomic E-state index is 0.0875. The molecule has 1 aromatic heterocycles. The van der Waals surface area contributed by atoms with Crippen LogP contribution in [-0.2, 0) is 4.74 Å². The van der Waals surface area contributed by atoms with Gasteiger partial charge in [-0.2, -0.15) is 0 Å². The van der Waals surface area contributed by atoms with Crippen molar-refractivity contribution in [2.24, 2.45) is 10.9 Å². The maximum absolute atomic E-state index is 5.65. The first-order valence-electron chi connectivity index (χ1n) is 8.42. The number of nitrogens with one attached hydrogen (secondary N) is 2. The summed E-state index contributed by atoms with van der Waals surface area (Å²) in [6.07, 6.45) is 0. The predicted molar refractivity (Wildman–Crippen MR) is 92.8 cm³/mol. The van der Waals surface area contributed by atoms with Crippen LogP contribution in [0.1, 0.15) is 31.4 Å². The van der Waals surface area contributed by atoms with Gasteiger partial charge in [-0.15, -0.1) is 0 Å². The van der Waals surface area contributed by atoms with E-state index in [1.54, 1.807) is 7.05 Å². The Labute approximate surface area is 139 Å². The molecule has 1 aromatic rings. The summed E-state index contributed by atoms with van der Waals surface area (Å²) < 4.78 is 11.0. The molecule has 0 bridgehead atoms. The molecule has 6 heteroatoms. The van der Waals surface area contributed by atoms with E-state index in [2.05, 4.69) is 34.4 Å². The zero-order chi connectivity index (χ0) is 16.7. The van der Waals surface area contributed by atoms with Gasteiger partial charge < -0.3 is 19.8 Å². The largest absolute Gasteiger partial charge is 0.464 e. The van der Waals surface area contributed by atoms with E-state index in [0.717, 1.165) is 56.9 Å². The number of aryl methyl sites for hydroxylation is 1. The van der Waals surface area contributed by atoms with Crippen LogP contribution in [0.2, 0.25) is 0 Å². The van der Waals surface area contributed by atoms with E-state index in [0.29, 0.717) is 5.92 Å². The van der Waals surface area contributed by atoms with Gasteiger partial charge in [0.1, 0.15) is 11.5 Å². The van der Waals surface area contributed by atoms with Crippen LogP contribution in [0.25, 0.3) is 0 Å². The van der Waals surface area contributed by atoms with Gasteiger partial charge >= 0.3 is 0 Å². The molecule has 0 amide bonds. The third-order valence-corrected chi connectivity index (χ3v) is 4.06. The highest BCUT2D eigenvalue weighted by Gasteiger charge is 2.15. The number of hydrogen-bond acceptors (Lipinski definition) is 4. The third-order valence-electron chi connectivity index (χ3n) is 4.06. The van der Waals surface area contributed by atoms with Gasteiger partial charge in [0.25, 0.3) is 0 Å². The molecule has 2 N–H and O–H groups in total. The lowest BCUT2D eigenvalue weighted by Gasteiger charge is -2.29. The van der Waals surface area contributed by atoms with E-state index in [1.807, 2.05) is 19.1 Å². The average molecular weight is 322 g/mol. The summed E-state index contributed by atoms with van der Waals surface area (Å²) in [5.41, 5.74) is 0. The second-order valence-electron chi connectivity index (χ2n) is 6.29. The molecule has 6 nitrogen and oxygen atoms in total. The van der Waals surface area contributed by atoms with Crippen molar-refractivity contribution in [2.75, 3.05) is 46.4 Å². The molecular formula is C17H30N4O2. The van der Waals surface area contributed by atoms with E-state index < -0.39 is 0 Å². The summed E-state index contributed by atoms with van der Waals surface area (Å²) in [7, 11) is 1.79. The molecule has 1 saturated heterocycles. The average Bonchev–Trinajstić information content (AvgIpc) is 2.99. The van der Waals surface area contributed by atoms with Crippen molar-refractivity contribution in [1.29, 1.82) is 0 Å². The van der Waals surface area contributed by atoms with Gasteiger partial charge in [0.2, 0.25) is 0 Å². The summed E-state index contributed by atoms with van der Waals surface area (Å²) in [4.78, 5) is 6.76. The lowest BCUT2D eigenvalue weighted by Crippen LogP contribution is -2.44. The molecule has 0 radical (unpaired) electrons.